The normalized spacial score (nSPS) is 14.6. The SMILES string of the molecule is c1ccc(-c2cc3c4c(c2)C(c2ccccc2)(c2ccccc2)c2cc(-c5ccccc5)cc5c2N4c2c(cc(-c4ccccc4)cc2C5(c2ccccc2)c2ccccc2)C3(c2ccccc2)c2ccccc2)cc1. The molecule has 0 amide bonds. The van der Waals surface area contributed by atoms with E-state index in [1.165, 1.54) is 117 Å². The van der Waals surface area contributed by atoms with Gasteiger partial charge in [-0.25, -0.2) is 0 Å². The second-order valence-corrected chi connectivity index (χ2v) is 20.6. The summed E-state index contributed by atoms with van der Waals surface area (Å²) in [5.74, 6) is 0. The standard InChI is InChI=1S/C75H51N/c1-10-28-52(29-11-1)55-46-64-70-65(47-55)74(60-38-20-6-21-39-60,61-40-22-7-23-41-61)67-49-57(54-32-14-3-15-33-54)51-69-72(67)76(70)71-66(73(64,58-34-16-4-17-35-58)59-36-18-5-19-37-59)48-56(53-30-12-2-13-31-53)50-68(71)75(69,62-42-24-8-25-43-62)63-44-26-9-27-45-63/h1-51H. The van der Waals surface area contributed by atoms with Crippen molar-refractivity contribution in [2.45, 2.75) is 16.2 Å². The Balaban J connectivity index is 1.28. The molecule has 0 radical (unpaired) electrons. The maximum absolute atomic E-state index is 2.76. The molecule has 0 N–H and O–H groups in total. The van der Waals surface area contributed by atoms with Crippen LogP contribution in [-0.4, -0.2) is 0 Å². The van der Waals surface area contributed by atoms with Gasteiger partial charge < -0.3 is 4.90 Å². The molecule has 76 heavy (non-hydrogen) atoms. The number of hydrogen-bond donors (Lipinski definition) is 0. The van der Waals surface area contributed by atoms with E-state index in [9.17, 15) is 0 Å². The average molecular weight is 966 g/mol. The first-order chi connectivity index (χ1) is 37.7. The molecule has 1 heteroatoms. The third-order valence-electron chi connectivity index (χ3n) is 17.0. The highest BCUT2D eigenvalue weighted by Gasteiger charge is 2.60. The van der Waals surface area contributed by atoms with Gasteiger partial charge in [-0.2, -0.15) is 0 Å². The lowest BCUT2D eigenvalue weighted by Crippen LogP contribution is -2.49. The molecule has 356 valence electrons. The van der Waals surface area contributed by atoms with Crippen molar-refractivity contribution in [3.05, 3.63) is 376 Å². The van der Waals surface area contributed by atoms with E-state index in [0.717, 1.165) is 0 Å². The van der Waals surface area contributed by atoms with E-state index in [-0.39, 0.29) is 0 Å². The van der Waals surface area contributed by atoms with Crippen molar-refractivity contribution in [1.82, 2.24) is 0 Å². The van der Waals surface area contributed by atoms with Gasteiger partial charge in [0.1, 0.15) is 0 Å². The van der Waals surface area contributed by atoms with Crippen LogP contribution in [-0.2, 0) is 16.2 Å². The monoisotopic (exact) mass is 965 g/mol. The van der Waals surface area contributed by atoms with Crippen LogP contribution in [0.4, 0.5) is 17.1 Å². The Hall–Kier alpha value is -9.56. The van der Waals surface area contributed by atoms with E-state index in [1.807, 2.05) is 0 Å². The Labute approximate surface area is 445 Å². The lowest BCUT2D eigenvalue weighted by Gasteiger charge is -2.58. The summed E-state index contributed by atoms with van der Waals surface area (Å²) < 4.78 is 0. The van der Waals surface area contributed by atoms with Crippen LogP contribution in [0.5, 0.6) is 0 Å². The van der Waals surface area contributed by atoms with Gasteiger partial charge >= 0.3 is 0 Å². The molecule has 0 aromatic heterocycles. The van der Waals surface area contributed by atoms with Crippen molar-refractivity contribution < 1.29 is 0 Å². The zero-order valence-electron chi connectivity index (χ0n) is 41.9. The zero-order chi connectivity index (χ0) is 50.3. The summed E-state index contributed by atoms with van der Waals surface area (Å²) in [6.45, 7) is 0. The number of benzene rings is 12. The minimum absolute atomic E-state index is 0.833. The van der Waals surface area contributed by atoms with Crippen molar-refractivity contribution in [3.63, 3.8) is 0 Å². The van der Waals surface area contributed by atoms with Crippen LogP contribution in [0, 0.1) is 0 Å². The molecular weight excluding hydrogens is 915 g/mol. The van der Waals surface area contributed by atoms with Crippen molar-refractivity contribution in [3.8, 4) is 33.4 Å². The average Bonchev–Trinajstić information content (AvgIpc) is 3.59. The summed E-state index contributed by atoms with van der Waals surface area (Å²) in [7, 11) is 0. The van der Waals surface area contributed by atoms with Gasteiger partial charge in [-0.3, -0.25) is 0 Å². The van der Waals surface area contributed by atoms with Crippen molar-refractivity contribution in [1.29, 1.82) is 0 Å². The number of rotatable bonds is 9. The van der Waals surface area contributed by atoms with E-state index < -0.39 is 16.2 Å². The minimum Gasteiger partial charge on any atom is -0.308 e. The molecule has 12 aromatic rings. The van der Waals surface area contributed by atoms with Crippen LogP contribution in [0.1, 0.15) is 66.8 Å². The van der Waals surface area contributed by atoms with Crippen molar-refractivity contribution >= 4 is 17.1 Å². The van der Waals surface area contributed by atoms with Gasteiger partial charge in [0.25, 0.3) is 0 Å². The highest BCUT2D eigenvalue weighted by atomic mass is 15.2. The summed E-state index contributed by atoms with van der Waals surface area (Å²) in [6.07, 6.45) is 0. The van der Waals surface area contributed by atoms with Crippen molar-refractivity contribution in [2.24, 2.45) is 0 Å². The fraction of sp³-hybridized carbons (Fsp3) is 0.0400. The van der Waals surface area contributed by atoms with Gasteiger partial charge in [-0.1, -0.05) is 273 Å². The first-order valence-corrected chi connectivity index (χ1v) is 26.6. The minimum atomic E-state index is -0.833. The van der Waals surface area contributed by atoms with E-state index >= 15 is 0 Å². The molecule has 0 saturated carbocycles. The Morgan fingerprint density at radius 2 is 0.329 bits per heavy atom. The van der Waals surface area contributed by atoms with Crippen LogP contribution < -0.4 is 4.90 Å². The maximum Gasteiger partial charge on any atom is 0.0743 e. The lowest BCUT2D eigenvalue weighted by molar-refractivity contribution is 0.655. The first-order valence-electron chi connectivity index (χ1n) is 26.6. The zero-order valence-corrected chi connectivity index (χ0v) is 41.9. The predicted molar refractivity (Wildman–Crippen MR) is 313 cm³/mol. The van der Waals surface area contributed by atoms with Gasteiger partial charge in [-0.15, -0.1) is 0 Å². The molecule has 3 heterocycles. The topological polar surface area (TPSA) is 3.24 Å². The number of nitrogens with zero attached hydrogens (tertiary/aromatic N) is 1. The molecule has 0 bridgehead atoms. The smallest absolute Gasteiger partial charge is 0.0743 e. The van der Waals surface area contributed by atoms with Gasteiger partial charge in [0.2, 0.25) is 0 Å². The Bertz CT molecular complexity index is 3470. The Morgan fingerprint density at radius 3 is 0.500 bits per heavy atom. The van der Waals surface area contributed by atoms with Crippen molar-refractivity contribution in [2.75, 3.05) is 4.90 Å². The largest absolute Gasteiger partial charge is 0.308 e. The molecule has 0 aliphatic carbocycles. The van der Waals surface area contributed by atoms with E-state index in [1.54, 1.807) is 0 Å². The lowest BCUT2D eigenvalue weighted by atomic mass is 9.52. The van der Waals surface area contributed by atoms with Crippen LogP contribution in [0.25, 0.3) is 33.4 Å². The molecule has 1 nitrogen and oxygen atoms in total. The third kappa shape index (κ3) is 6.09. The Kier molecular flexibility index (Phi) is 9.99. The van der Waals surface area contributed by atoms with Gasteiger partial charge in [0.15, 0.2) is 0 Å². The summed E-state index contributed by atoms with van der Waals surface area (Å²) in [6, 6.07) is 117. The molecule has 12 aromatic carbocycles. The molecule has 0 fully saturated rings. The summed E-state index contributed by atoms with van der Waals surface area (Å²) >= 11 is 0. The maximum atomic E-state index is 2.76. The fourth-order valence-electron chi connectivity index (χ4n) is 14.0. The van der Waals surface area contributed by atoms with Crippen LogP contribution >= 0.6 is 0 Å². The van der Waals surface area contributed by atoms with Gasteiger partial charge in [-0.05, 0) is 137 Å². The highest BCUT2D eigenvalue weighted by molar-refractivity contribution is 6.05. The van der Waals surface area contributed by atoms with E-state index in [4.69, 9.17) is 0 Å². The van der Waals surface area contributed by atoms with Crippen LogP contribution in [0.15, 0.2) is 309 Å². The van der Waals surface area contributed by atoms with Gasteiger partial charge in [0.05, 0.1) is 33.3 Å². The molecule has 0 unspecified atom stereocenters. The summed E-state index contributed by atoms with van der Waals surface area (Å²) in [4.78, 5) is 2.76. The predicted octanol–water partition coefficient (Wildman–Crippen LogP) is 18.2. The van der Waals surface area contributed by atoms with E-state index in [0.29, 0.717) is 0 Å². The van der Waals surface area contributed by atoms with Gasteiger partial charge in [0, 0.05) is 0 Å². The number of hydrogen-bond acceptors (Lipinski definition) is 1. The molecule has 15 rings (SSSR count). The molecule has 0 atom stereocenters. The second-order valence-electron chi connectivity index (χ2n) is 20.6. The highest BCUT2D eigenvalue weighted by Crippen LogP contribution is 2.72. The number of anilines is 3. The molecule has 0 spiro atoms. The molecular formula is C75H51N. The quantitative estimate of drug-likeness (QED) is 0.139. The van der Waals surface area contributed by atoms with E-state index in [2.05, 4.69) is 314 Å². The van der Waals surface area contributed by atoms with Crippen LogP contribution in [0.3, 0.4) is 0 Å². The fourth-order valence-corrected chi connectivity index (χ4v) is 14.0. The third-order valence-corrected chi connectivity index (χ3v) is 17.0. The summed E-state index contributed by atoms with van der Waals surface area (Å²) in [5, 5.41) is 0. The molecule has 3 aliphatic heterocycles. The molecule has 0 saturated heterocycles. The summed E-state index contributed by atoms with van der Waals surface area (Å²) in [5.41, 5.74) is 23.0. The second kappa shape index (κ2) is 17.3. The Morgan fingerprint density at radius 1 is 0.171 bits per heavy atom. The first kappa shape index (κ1) is 44.0. The van der Waals surface area contributed by atoms with Crippen LogP contribution in [0.2, 0.25) is 0 Å². The molecule has 3 aliphatic rings.